The van der Waals surface area contributed by atoms with Crippen LogP contribution in [0.1, 0.15) is 29.2 Å². The van der Waals surface area contributed by atoms with Gasteiger partial charge in [0.05, 0.1) is 0 Å². The third-order valence-corrected chi connectivity index (χ3v) is 12.4. The van der Waals surface area contributed by atoms with Crippen molar-refractivity contribution in [1.82, 2.24) is 0 Å². The molecule has 0 aliphatic heterocycles. The van der Waals surface area contributed by atoms with Crippen molar-refractivity contribution in [2.24, 2.45) is 0 Å². The van der Waals surface area contributed by atoms with Crippen LogP contribution in [0, 0.1) is 0 Å². The van der Waals surface area contributed by atoms with Crippen LogP contribution in [0.25, 0.3) is 0 Å². The average Bonchev–Trinajstić information content (AvgIpc) is 2.38. The summed E-state index contributed by atoms with van der Waals surface area (Å²) >= 11 is -1.94. The van der Waals surface area contributed by atoms with E-state index >= 15 is 0 Å². The van der Waals surface area contributed by atoms with Crippen LogP contribution in [0.15, 0.2) is 48.5 Å². The number of fused-ring (bicyclic) bond motifs is 2. The second kappa shape index (κ2) is 4.24. The molecule has 0 fully saturated rings. The predicted octanol–water partition coefficient (Wildman–Crippen LogP) is 4.77. The monoisotopic (exact) mass is 312 g/mol. The fraction of sp³-hybridized carbons (Fsp3) is 0.333. The molecule has 1 aliphatic carbocycles. The summed E-state index contributed by atoms with van der Waals surface area (Å²) in [7, 11) is 0. The van der Waals surface area contributed by atoms with Crippen LogP contribution in [0.5, 0.6) is 0 Å². The van der Waals surface area contributed by atoms with Gasteiger partial charge in [-0.2, -0.15) is 0 Å². The Hall–Kier alpha value is -1.02. The Kier molecular flexibility index (Phi) is 2.90. The second-order valence-corrected chi connectivity index (χ2v) is 18.4. The quantitative estimate of drug-likeness (QED) is 0.665. The molecule has 0 amide bonds. The summed E-state index contributed by atoms with van der Waals surface area (Å²) in [5.41, 5.74) is 6.23. The first-order chi connectivity index (χ1) is 8.94. The molecule has 0 saturated carbocycles. The Morgan fingerprint density at radius 3 is 1.63 bits per heavy atom. The van der Waals surface area contributed by atoms with Gasteiger partial charge in [-0.1, -0.05) is 0 Å². The number of benzene rings is 2. The molecule has 0 bridgehead atoms. The van der Waals surface area contributed by atoms with Crippen LogP contribution < -0.4 is 0 Å². The van der Waals surface area contributed by atoms with Gasteiger partial charge < -0.3 is 0 Å². The van der Waals surface area contributed by atoms with Crippen LogP contribution in [-0.2, 0) is 10.7 Å². The molecule has 98 valence electrons. The molecule has 2 aromatic carbocycles. The molecule has 0 heterocycles. The summed E-state index contributed by atoms with van der Waals surface area (Å²) in [6.45, 7) is 2.49. The van der Waals surface area contributed by atoms with Crippen molar-refractivity contribution in [3.63, 3.8) is 0 Å². The van der Waals surface area contributed by atoms with Gasteiger partial charge in [-0.25, -0.2) is 0 Å². The van der Waals surface area contributed by atoms with Crippen LogP contribution in [0.3, 0.4) is 0 Å². The van der Waals surface area contributed by atoms with Gasteiger partial charge in [0.15, 0.2) is 0 Å². The summed E-state index contributed by atoms with van der Waals surface area (Å²) in [5, 5.41) is 0. The van der Waals surface area contributed by atoms with E-state index in [2.05, 4.69) is 72.7 Å². The van der Waals surface area contributed by atoms with E-state index in [1.54, 1.807) is 11.1 Å². The molecule has 2 aromatic rings. The van der Waals surface area contributed by atoms with Crippen LogP contribution in [-0.4, -0.2) is 13.3 Å². The predicted molar refractivity (Wildman–Crippen MR) is 85.5 cm³/mol. The minimum absolute atomic E-state index is 0.269. The molecule has 0 aromatic heterocycles. The fourth-order valence-electron chi connectivity index (χ4n) is 3.48. The van der Waals surface area contributed by atoms with Crippen molar-refractivity contribution < 1.29 is 0 Å². The molecule has 0 atom stereocenters. The first kappa shape index (κ1) is 13.0. The zero-order chi connectivity index (χ0) is 13.7. The first-order valence-electron chi connectivity index (χ1n) is 7.11. The van der Waals surface area contributed by atoms with Crippen molar-refractivity contribution in [2.45, 2.75) is 34.9 Å². The molecule has 0 spiro atoms. The van der Waals surface area contributed by atoms with Gasteiger partial charge in [0.1, 0.15) is 0 Å². The molecular formula is C18H22Ge. The van der Waals surface area contributed by atoms with E-state index in [1.807, 2.05) is 0 Å². The van der Waals surface area contributed by atoms with E-state index in [0.29, 0.717) is 0 Å². The maximum absolute atomic E-state index is 2.54. The SMILES string of the molecule is C[C]1([Ge]([CH3])([CH3])[CH3])c2ccccc2Cc2ccccc21. The average molecular weight is 311 g/mol. The topological polar surface area (TPSA) is 0 Å². The molecule has 3 rings (SSSR count). The van der Waals surface area contributed by atoms with Crippen LogP contribution >= 0.6 is 0 Å². The third-order valence-electron chi connectivity index (χ3n) is 4.99. The van der Waals surface area contributed by atoms with Gasteiger partial charge in [-0.15, -0.1) is 0 Å². The molecule has 0 saturated heterocycles. The van der Waals surface area contributed by atoms with Crippen molar-refractivity contribution in [1.29, 1.82) is 0 Å². The molecule has 0 radical (unpaired) electrons. The van der Waals surface area contributed by atoms with Gasteiger partial charge in [-0.3, -0.25) is 0 Å². The summed E-state index contributed by atoms with van der Waals surface area (Å²) in [6, 6.07) is 18.1. The molecule has 0 nitrogen and oxygen atoms in total. The van der Waals surface area contributed by atoms with Gasteiger partial charge in [0.2, 0.25) is 0 Å². The number of hydrogen-bond acceptors (Lipinski definition) is 0. The summed E-state index contributed by atoms with van der Waals surface area (Å²) < 4.78 is 0.269. The first-order valence-corrected chi connectivity index (χ1v) is 14.5. The van der Waals surface area contributed by atoms with Crippen molar-refractivity contribution in [3.8, 4) is 0 Å². The third kappa shape index (κ3) is 1.80. The van der Waals surface area contributed by atoms with Crippen molar-refractivity contribution in [3.05, 3.63) is 70.8 Å². The van der Waals surface area contributed by atoms with Crippen LogP contribution in [0.2, 0.25) is 17.3 Å². The Labute approximate surface area is 119 Å². The van der Waals surface area contributed by atoms with Gasteiger partial charge in [-0.05, 0) is 0 Å². The molecule has 0 unspecified atom stereocenters. The Balaban J connectivity index is 2.35. The van der Waals surface area contributed by atoms with Gasteiger partial charge in [0.25, 0.3) is 0 Å². The Bertz CT molecular complexity index is 574. The summed E-state index contributed by atoms with van der Waals surface area (Å²) in [4.78, 5) is 0. The number of rotatable bonds is 1. The maximum atomic E-state index is 2.54. The Morgan fingerprint density at radius 2 is 1.21 bits per heavy atom. The molecule has 0 N–H and O–H groups in total. The van der Waals surface area contributed by atoms with Crippen molar-refractivity contribution >= 4 is 13.3 Å². The minimum atomic E-state index is -1.94. The van der Waals surface area contributed by atoms with E-state index in [-0.39, 0.29) is 4.25 Å². The normalized spacial score (nSPS) is 16.6. The van der Waals surface area contributed by atoms with E-state index in [1.165, 1.54) is 11.1 Å². The van der Waals surface area contributed by atoms with Crippen molar-refractivity contribution in [2.75, 3.05) is 0 Å². The van der Waals surface area contributed by atoms with E-state index < -0.39 is 13.3 Å². The zero-order valence-electron chi connectivity index (χ0n) is 12.3. The van der Waals surface area contributed by atoms with Crippen LogP contribution in [0.4, 0.5) is 0 Å². The molecule has 1 heteroatoms. The van der Waals surface area contributed by atoms with E-state index in [0.717, 1.165) is 6.42 Å². The van der Waals surface area contributed by atoms with E-state index in [4.69, 9.17) is 0 Å². The van der Waals surface area contributed by atoms with Gasteiger partial charge >= 0.3 is 119 Å². The molecular weight excluding hydrogens is 289 g/mol. The number of hydrogen-bond donors (Lipinski definition) is 0. The Morgan fingerprint density at radius 1 is 0.789 bits per heavy atom. The zero-order valence-corrected chi connectivity index (χ0v) is 14.4. The fourth-order valence-corrected chi connectivity index (χ4v) is 7.90. The standard InChI is InChI=1S/C18H22Ge/c1-18(19(2,3)4)16-11-7-5-9-14(16)13-15-10-6-8-12-17(15)18/h5-12H,13H2,1-4H3. The molecule has 1 aliphatic rings. The van der Waals surface area contributed by atoms with E-state index in [9.17, 15) is 0 Å². The second-order valence-electron chi connectivity index (χ2n) is 6.87. The summed E-state index contributed by atoms with van der Waals surface area (Å²) in [6.07, 6.45) is 1.10. The summed E-state index contributed by atoms with van der Waals surface area (Å²) in [5.74, 6) is 7.62. The molecule has 19 heavy (non-hydrogen) atoms. The van der Waals surface area contributed by atoms with Gasteiger partial charge in [0, 0.05) is 0 Å².